The van der Waals surface area contributed by atoms with E-state index in [4.69, 9.17) is 0 Å². The van der Waals surface area contributed by atoms with Crippen molar-refractivity contribution in [2.24, 2.45) is 29.6 Å². The van der Waals surface area contributed by atoms with Crippen molar-refractivity contribution in [3.8, 4) is 0 Å². The Morgan fingerprint density at radius 3 is 2.00 bits per heavy atom. The van der Waals surface area contributed by atoms with Crippen molar-refractivity contribution in [1.82, 2.24) is 0 Å². The minimum absolute atomic E-state index is 0.834. The summed E-state index contributed by atoms with van der Waals surface area (Å²) in [6.45, 7) is 7.32. The van der Waals surface area contributed by atoms with E-state index in [0.29, 0.717) is 0 Å². The molecule has 3 aliphatic carbocycles. The van der Waals surface area contributed by atoms with Crippen LogP contribution in [0.5, 0.6) is 0 Å². The molecule has 0 spiro atoms. The lowest BCUT2D eigenvalue weighted by molar-refractivity contribution is 0.0514. The molecule has 0 bridgehead atoms. The van der Waals surface area contributed by atoms with E-state index in [1.165, 1.54) is 45.5 Å². The average Bonchev–Trinajstić information content (AvgIpc) is 3.29. The summed E-state index contributed by atoms with van der Waals surface area (Å²) in [5.74, 6) is 5.46. The highest BCUT2D eigenvalue weighted by atomic mass is 14.6. The number of hydrogen-bond acceptors (Lipinski definition) is 0. The van der Waals surface area contributed by atoms with E-state index in [2.05, 4.69) is 87.5 Å². The number of hydrogen-bond donors (Lipinski definition) is 0. The van der Waals surface area contributed by atoms with Gasteiger partial charge >= 0.3 is 0 Å². The molecule has 0 heterocycles. The monoisotopic (exact) mass is 430 g/mol. The highest BCUT2D eigenvalue weighted by Crippen LogP contribution is 2.67. The van der Waals surface area contributed by atoms with Gasteiger partial charge in [0.1, 0.15) is 0 Å². The van der Waals surface area contributed by atoms with Crippen molar-refractivity contribution >= 4 is 21.5 Å². The van der Waals surface area contributed by atoms with E-state index >= 15 is 0 Å². The van der Waals surface area contributed by atoms with Crippen LogP contribution in [0.4, 0.5) is 0 Å². The first-order valence-electron chi connectivity index (χ1n) is 13.2. The Balaban J connectivity index is 1.37. The molecule has 1 unspecified atom stereocenters. The molecule has 166 valence electrons. The van der Waals surface area contributed by atoms with Gasteiger partial charge in [0.25, 0.3) is 0 Å². The van der Waals surface area contributed by atoms with Gasteiger partial charge in [0, 0.05) is 0 Å². The first-order chi connectivity index (χ1) is 16.2. The van der Waals surface area contributed by atoms with Gasteiger partial charge in [0.05, 0.1) is 0 Å². The molecule has 6 atom stereocenters. The van der Waals surface area contributed by atoms with Crippen LogP contribution >= 0.6 is 0 Å². The number of benzene rings is 4. The quantitative estimate of drug-likeness (QED) is 0.287. The lowest BCUT2D eigenvalue weighted by atomic mass is 9.57. The van der Waals surface area contributed by atoms with Crippen LogP contribution in [-0.4, -0.2) is 0 Å². The molecule has 0 aromatic heterocycles. The van der Waals surface area contributed by atoms with E-state index in [-0.39, 0.29) is 0 Å². The molecule has 2 fully saturated rings. The minimum atomic E-state index is 0.834. The normalized spacial score (nSPS) is 29.7. The van der Waals surface area contributed by atoms with Gasteiger partial charge in [-0.2, -0.15) is 0 Å². The zero-order chi connectivity index (χ0) is 22.3. The van der Waals surface area contributed by atoms with Crippen LogP contribution in [-0.2, 0) is 19.3 Å². The Hall–Kier alpha value is -2.60. The van der Waals surface area contributed by atoms with Crippen LogP contribution in [0.2, 0.25) is 0 Å². The van der Waals surface area contributed by atoms with Crippen LogP contribution < -0.4 is 0 Å². The summed E-state index contributed by atoms with van der Waals surface area (Å²) in [6, 6.07) is 25.5. The fourth-order valence-electron chi connectivity index (χ4n) is 8.43. The van der Waals surface area contributed by atoms with Crippen molar-refractivity contribution in [2.45, 2.75) is 52.4 Å². The molecule has 0 amide bonds. The van der Waals surface area contributed by atoms with E-state index in [9.17, 15) is 0 Å². The maximum Gasteiger partial charge on any atom is -0.00106 e. The smallest absolute Gasteiger partial charge is 0.00106 e. The number of rotatable bonds is 3. The molecule has 33 heavy (non-hydrogen) atoms. The second kappa shape index (κ2) is 7.20. The summed E-state index contributed by atoms with van der Waals surface area (Å²) in [7, 11) is 0. The summed E-state index contributed by atoms with van der Waals surface area (Å²) in [4.78, 5) is 0. The van der Waals surface area contributed by atoms with Crippen LogP contribution in [0.25, 0.3) is 21.5 Å². The topological polar surface area (TPSA) is 0 Å². The Morgan fingerprint density at radius 1 is 0.727 bits per heavy atom. The van der Waals surface area contributed by atoms with E-state index in [1.807, 2.05) is 0 Å². The Kier molecular flexibility index (Phi) is 4.33. The molecular formula is C33H34. The predicted molar refractivity (Wildman–Crippen MR) is 140 cm³/mol. The van der Waals surface area contributed by atoms with Gasteiger partial charge in [-0.3, -0.25) is 0 Å². The summed E-state index contributed by atoms with van der Waals surface area (Å²) < 4.78 is 0. The SMILES string of the molecule is CCc1c2ccccc2c(Cc2cccc3c2CC2[C@@H]3[C@H]3[C@@H](C)[C@@H](C)C[C@@H]23)c2ccccc12. The van der Waals surface area contributed by atoms with Crippen molar-refractivity contribution in [2.75, 3.05) is 0 Å². The molecule has 0 saturated heterocycles. The molecule has 0 heteroatoms. The largest absolute Gasteiger partial charge is 0.0622 e. The third-order valence-electron chi connectivity index (χ3n) is 10.1. The van der Waals surface area contributed by atoms with Gasteiger partial charge < -0.3 is 0 Å². The fourth-order valence-corrected chi connectivity index (χ4v) is 8.43. The summed E-state index contributed by atoms with van der Waals surface area (Å²) in [5, 5.41) is 5.79. The molecule has 3 aliphatic rings. The third kappa shape index (κ3) is 2.64. The molecule has 2 saturated carbocycles. The van der Waals surface area contributed by atoms with Gasteiger partial charge in [-0.25, -0.2) is 0 Å². The average molecular weight is 431 g/mol. The number of fused-ring (bicyclic) bond motifs is 8. The molecule has 0 aliphatic heterocycles. The lowest BCUT2D eigenvalue weighted by Crippen LogP contribution is -2.41. The maximum atomic E-state index is 2.53. The second-order valence-electron chi connectivity index (χ2n) is 11.3. The zero-order valence-electron chi connectivity index (χ0n) is 20.1. The molecule has 7 rings (SSSR count). The van der Waals surface area contributed by atoms with Crippen molar-refractivity contribution in [1.29, 1.82) is 0 Å². The van der Waals surface area contributed by atoms with Crippen LogP contribution in [0.3, 0.4) is 0 Å². The van der Waals surface area contributed by atoms with Crippen LogP contribution in [0.1, 0.15) is 60.9 Å². The highest BCUT2D eigenvalue weighted by molar-refractivity contribution is 6.06. The maximum absolute atomic E-state index is 2.53. The first kappa shape index (κ1) is 19.8. The molecule has 0 nitrogen and oxygen atoms in total. The second-order valence-corrected chi connectivity index (χ2v) is 11.3. The molecule has 4 aromatic carbocycles. The van der Waals surface area contributed by atoms with Gasteiger partial charge in [0.2, 0.25) is 0 Å². The number of aryl methyl sites for hydroxylation is 1. The molecule has 4 aromatic rings. The van der Waals surface area contributed by atoms with Gasteiger partial charge in [-0.15, -0.1) is 0 Å². The van der Waals surface area contributed by atoms with E-state index < -0.39 is 0 Å². The van der Waals surface area contributed by atoms with E-state index in [0.717, 1.165) is 48.3 Å². The van der Waals surface area contributed by atoms with E-state index in [1.54, 1.807) is 16.7 Å². The summed E-state index contributed by atoms with van der Waals surface area (Å²) >= 11 is 0. The van der Waals surface area contributed by atoms with Gasteiger partial charge in [-0.1, -0.05) is 87.5 Å². The van der Waals surface area contributed by atoms with Crippen LogP contribution in [0.15, 0.2) is 66.7 Å². The summed E-state index contributed by atoms with van der Waals surface area (Å²) in [6.07, 6.45) is 4.91. The molecular weight excluding hydrogens is 396 g/mol. The fraction of sp³-hybridized carbons (Fsp3) is 0.394. The zero-order valence-corrected chi connectivity index (χ0v) is 20.1. The first-order valence-corrected chi connectivity index (χ1v) is 13.2. The van der Waals surface area contributed by atoms with Crippen molar-refractivity contribution in [3.63, 3.8) is 0 Å². The van der Waals surface area contributed by atoms with Crippen molar-refractivity contribution < 1.29 is 0 Å². The predicted octanol–water partition coefficient (Wildman–Crippen LogP) is 8.32. The highest BCUT2D eigenvalue weighted by Gasteiger charge is 2.60. The van der Waals surface area contributed by atoms with Crippen LogP contribution in [0, 0.1) is 29.6 Å². The minimum Gasteiger partial charge on any atom is -0.0622 e. The Labute approximate surface area is 198 Å². The van der Waals surface area contributed by atoms with Gasteiger partial charge in [0.15, 0.2) is 0 Å². The lowest BCUT2D eigenvalue weighted by Gasteiger charge is -2.47. The third-order valence-corrected chi connectivity index (χ3v) is 10.1. The molecule has 0 radical (unpaired) electrons. The summed E-state index contributed by atoms with van der Waals surface area (Å²) in [5.41, 5.74) is 8.01. The Bertz CT molecular complexity index is 1340. The Morgan fingerprint density at radius 2 is 1.36 bits per heavy atom. The standard InChI is InChI=1S/C33H34/c1-4-22-23-11-5-7-13-25(23)29(26-14-8-6-12-24(22)26)17-21-10-9-15-27-28(21)18-31-30-16-19(2)20(3)32(30)33(27)31/h5-15,19-20,30-33H,4,16-18H2,1-3H3/t19-,20-,30-,31?,32-,33+/m0/s1. The van der Waals surface area contributed by atoms with Crippen molar-refractivity contribution in [3.05, 3.63) is 94.5 Å². The van der Waals surface area contributed by atoms with Gasteiger partial charge in [-0.05, 0) is 111 Å². The molecule has 0 N–H and O–H groups in total.